The summed E-state index contributed by atoms with van der Waals surface area (Å²) in [5.41, 5.74) is 0. The van der Waals surface area contributed by atoms with Gasteiger partial charge in [0.15, 0.2) is 0 Å². The molecular formula is C15H27N. The van der Waals surface area contributed by atoms with E-state index in [1.54, 1.807) is 0 Å². The monoisotopic (exact) mass is 221 g/mol. The van der Waals surface area contributed by atoms with E-state index in [1.807, 2.05) is 0 Å². The first-order valence-corrected chi connectivity index (χ1v) is 6.89. The van der Waals surface area contributed by atoms with Gasteiger partial charge in [-0.2, -0.15) is 0 Å². The fourth-order valence-electron chi connectivity index (χ4n) is 2.85. The summed E-state index contributed by atoms with van der Waals surface area (Å²) in [6.45, 7) is 5.77. The maximum Gasteiger partial charge on any atom is 0.00981 e. The second-order valence-corrected chi connectivity index (χ2v) is 5.62. The summed E-state index contributed by atoms with van der Waals surface area (Å²) < 4.78 is 0. The number of unbranched alkanes of at least 4 members (excludes halogenated alkanes) is 1. The lowest BCUT2D eigenvalue weighted by Gasteiger charge is -2.30. The Hall–Kier alpha value is -0.480. The highest BCUT2D eigenvalue weighted by Crippen LogP contribution is 2.29. The predicted octanol–water partition coefficient (Wildman–Crippen LogP) is 3.59. The third kappa shape index (κ3) is 5.56. The Labute approximate surface area is 101 Å². The fourth-order valence-corrected chi connectivity index (χ4v) is 2.85. The fraction of sp³-hybridized carbons (Fsp3) is 0.867. The molecule has 16 heavy (non-hydrogen) atoms. The van der Waals surface area contributed by atoms with Crippen LogP contribution in [-0.4, -0.2) is 12.6 Å². The van der Waals surface area contributed by atoms with Gasteiger partial charge in [0.2, 0.25) is 0 Å². The molecule has 1 saturated carbocycles. The van der Waals surface area contributed by atoms with E-state index < -0.39 is 0 Å². The van der Waals surface area contributed by atoms with Crippen LogP contribution in [0.1, 0.15) is 58.8 Å². The second-order valence-electron chi connectivity index (χ2n) is 5.62. The Morgan fingerprint density at radius 1 is 1.38 bits per heavy atom. The third-order valence-electron chi connectivity index (χ3n) is 3.52. The van der Waals surface area contributed by atoms with Crippen molar-refractivity contribution in [1.82, 2.24) is 5.32 Å². The van der Waals surface area contributed by atoms with E-state index in [1.165, 1.54) is 32.1 Å². The van der Waals surface area contributed by atoms with Gasteiger partial charge in [-0.05, 0) is 44.1 Å². The van der Waals surface area contributed by atoms with Gasteiger partial charge >= 0.3 is 0 Å². The molecule has 1 aliphatic rings. The van der Waals surface area contributed by atoms with Gasteiger partial charge in [-0.1, -0.05) is 26.7 Å². The highest BCUT2D eigenvalue weighted by molar-refractivity contribution is 4.84. The van der Waals surface area contributed by atoms with Crippen LogP contribution in [0.5, 0.6) is 0 Å². The van der Waals surface area contributed by atoms with Crippen LogP contribution in [0.4, 0.5) is 0 Å². The molecule has 0 radical (unpaired) electrons. The molecule has 0 spiro atoms. The molecule has 1 heteroatoms. The lowest BCUT2D eigenvalue weighted by molar-refractivity contribution is 0.253. The normalized spacial score (nSPS) is 25.6. The SMILES string of the molecule is C#CCCCNC1CCCC(CC(C)C)C1. The van der Waals surface area contributed by atoms with Crippen LogP contribution in [0.3, 0.4) is 0 Å². The minimum atomic E-state index is 0.760. The highest BCUT2D eigenvalue weighted by Gasteiger charge is 2.21. The zero-order chi connectivity index (χ0) is 11.8. The average Bonchev–Trinajstić information content (AvgIpc) is 2.24. The number of rotatable bonds is 6. The zero-order valence-corrected chi connectivity index (χ0v) is 11.0. The lowest BCUT2D eigenvalue weighted by atomic mass is 9.81. The standard InChI is InChI=1S/C15H27N/c1-4-5-6-10-16-15-9-7-8-14(12-15)11-13(2)3/h1,13-16H,5-12H2,2-3H3. The van der Waals surface area contributed by atoms with Crippen LogP contribution in [-0.2, 0) is 0 Å². The van der Waals surface area contributed by atoms with Gasteiger partial charge in [-0.25, -0.2) is 0 Å². The number of terminal acetylenes is 1. The van der Waals surface area contributed by atoms with E-state index in [4.69, 9.17) is 6.42 Å². The Kier molecular flexibility index (Phi) is 6.57. The van der Waals surface area contributed by atoms with Crippen LogP contribution >= 0.6 is 0 Å². The summed E-state index contributed by atoms with van der Waals surface area (Å²) >= 11 is 0. The van der Waals surface area contributed by atoms with E-state index in [-0.39, 0.29) is 0 Å². The van der Waals surface area contributed by atoms with Crippen molar-refractivity contribution in [3.63, 3.8) is 0 Å². The molecule has 1 N–H and O–H groups in total. The minimum Gasteiger partial charge on any atom is -0.314 e. The van der Waals surface area contributed by atoms with E-state index in [2.05, 4.69) is 25.1 Å². The lowest BCUT2D eigenvalue weighted by Crippen LogP contribution is -2.35. The molecule has 0 bridgehead atoms. The Morgan fingerprint density at radius 3 is 2.88 bits per heavy atom. The topological polar surface area (TPSA) is 12.0 Å². The van der Waals surface area contributed by atoms with Crippen LogP contribution in [0.15, 0.2) is 0 Å². The molecule has 0 amide bonds. The van der Waals surface area contributed by atoms with Gasteiger partial charge in [0.1, 0.15) is 0 Å². The van der Waals surface area contributed by atoms with Gasteiger partial charge in [-0.15, -0.1) is 12.3 Å². The molecule has 0 aliphatic heterocycles. The van der Waals surface area contributed by atoms with Crippen LogP contribution in [0, 0.1) is 24.2 Å². The molecule has 0 aromatic carbocycles. The van der Waals surface area contributed by atoms with E-state index in [0.29, 0.717) is 0 Å². The molecule has 0 aromatic heterocycles. The quantitative estimate of drug-likeness (QED) is 0.534. The third-order valence-corrected chi connectivity index (χ3v) is 3.52. The predicted molar refractivity (Wildman–Crippen MR) is 71.3 cm³/mol. The molecule has 2 unspecified atom stereocenters. The average molecular weight is 221 g/mol. The van der Waals surface area contributed by atoms with Gasteiger partial charge in [-0.3, -0.25) is 0 Å². The smallest absolute Gasteiger partial charge is 0.00981 e. The summed E-state index contributed by atoms with van der Waals surface area (Å²) in [5, 5.41) is 3.66. The molecule has 1 rings (SSSR count). The molecule has 0 saturated heterocycles. The number of hydrogen-bond donors (Lipinski definition) is 1. The van der Waals surface area contributed by atoms with Crippen molar-refractivity contribution >= 4 is 0 Å². The van der Waals surface area contributed by atoms with Gasteiger partial charge < -0.3 is 5.32 Å². The van der Waals surface area contributed by atoms with E-state index >= 15 is 0 Å². The first kappa shape index (κ1) is 13.6. The molecule has 1 fully saturated rings. The molecule has 2 atom stereocenters. The van der Waals surface area contributed by atoms with Crippen molar-refractivity contribution in [2.75, 3.05) is 6.54 Å². The molecule has 1 nitrogen and oxygen atoms in total. The molecule has 0 heterocycles. The Balaban J connectivity index is 2.15. The number of nitrogens with one attached hydrogen (secondary N) is 1. The summed E-state index contributed by atoms with van der Waals surface area (Å²) in [4.78, 5) is 0. The maximum absolute atomic E-state index is 5.25. The van der Waals surface area contributed by atoms with E-state index in [0.717, 1.165) is 37.3 Å². The van der Waals surface area contributed by atoms with Crippen molar-refractivity contribution in [3.8, 4) is 12.3 Å². The first-order valence-electron chi connectivity index (χ1n) is 6.89. The molecule has 1 aliphatic carbocycles. The van der Waals surface area contributed by atoms with Crippen molar-refractivity contribution < 1.29 is 0 Å². The summed E-state index contributed by atoms with van der Waals surface area (Å²) in [5.74, 6) is 4.51. The maximum atomic E-state index is 5.25. The molecule has 92 valence electrons. The summed E-state index contributed by atoms with van der Waals surface area (Å²) in [7, 11) is 0. The van der Waals surface area contributed by atoms with Gasteiger partial charge in [0.25, 0.3) is 0 Å². The van der Waals surface area contributed by atoms with E-state index in [9.17, 15) is 0 Å². The number of hydrogen-bond acceptors (Lipinski definition) is 1. The largest absolute Gasteiger partial charge is 0.314 e. The Bertz CT molecular complexity index is 214. The first-order chi connectivity index (χ1) is 7.72. The molecule has 0 aromatic rings. The minimum absolute atomic E-state index is 0.760. The van der Waals surface area contributed by atoms with Crippen LogP contribution < -0.4 is 5.32 Å². The van der Waals surface area contributed by atoms with Crippen molar-refractivity contribution in [2.24, 2.45) is 11.8 Å². The summed E-state index contributed by atoms with van der Waals surface area (Å²) in [6, 6.07) is 0.760. The zero-order valence-electron chi connectivity index (χ0n) is 11.0. The van der Waals surface area contributed by atoms with Gasteiger partial charge in [0.05, 0.1) is 0 Å². The van der Waals surface area contributed by atoms with Crippen LogP contribution in [0.25, 0.3) is 0 Å². The second kappa shape index (κ2) is 7.74. The highest BCUT2D eigenvalue weighted by atomic mass is 14.9. The summed E-state index contributed by atoms with van der Waals surface area (Å²) in [6.07, 6.45) is 14.3. The van der Waals surface area contributed by atoms with Crippen molar-refractivity contribution in [3.05, 3.63) is 0 Å². The van der Waals surface area contributed by atoms with Crippen LogP contribution in [0.2, 0.25) is 0 Å². The van der Waals surface area contributed by atoms with Crippen molar-refractivity contribution in [2.45, 2.75) is 64.8 Å². The molecular weight excluding hydrogens is 194 g/mol. The van der Waals surface area contributed by atoms with Gasteiger partial charge in [0, 0.05) is 12.5 Å². The van der Waals surface area contributed by atoms with Crippen molar-refractivity contribution in [1.29, 1.82) is 0 Å². The Morgan fingerprint density at radius 2 is 2.19 bits per heavy atom.